The van der Waals surface area contributed by atoms with Crippen LogP contribution >= 0.6 is 0 Å². The van der Waals surface area contributed by atoms with E-state index in [1.807, 2.05) is 66.7 Å². The zero-order valence-corrected chi connectivity index (χ0v) is 22.8. The Morgan fingerprint density at radius 3 is 2.40 bits per heavy atom. The van der Waals surface area contributed by atoms with E-state index in [2.05, 4.69) is 4.72 Å². The average molecular weight is 570 g/mol. The van der Waals surface area contributed by atoms with Gasteiger partial charge in [0, 0.05) is 24.4 Å². The monoisotopic (exact) mass is 569 g/mol. The number of carboxylic acid groups (broad SMARTS) is 1. The van der Waals surface area contributed by atoms with Gasteiger partial charge in [0.2, 0.25) is 10.0 Å². The molecular weight excluding hydrogens is 536 g/mol. The molecule has 6 nitrogen and oxygen atoms in total. The summed E-state index contributed by atoms with van der Waals surface area (Å²) in [5.41, 5.74) is 3.20. The van der Waals surface area contributed by atoms with Gasteiger partial charge >= 0.3 is 5.97 Å². The number of carboxylic acids is 1. The fourth-order valence-electron chi connectivity index (χ4n) is 5.03. The fourth-order valence-corrected chi connectivity index (χ4v) is 6.41. The maximum absolute atomic E-state index is 14.3. The maximum atomic E-state index is 14.3. The molecule has 1 fully saturated rings. The molecule has 0 radical (unpaired) electrons. The number of carbonyl (C=O) groups is 1. The SMILES string of the molecule is O=C(O)CCCC=CC[C@@H]1[C@@H](NS(=O)(=O)c2ccc(F)cc2F)CC[C@@H]1OCc1ccc(-c2ccccc2)cc1. The van der Waals surface area contributed by atoms with Crippen LogP contribution in [0.3, 0.4) is 0 Å². The van der Waals surface area contributed by atoms with Gasteiger partial charge in [0.15, 0.2) is 0 Å². The van der Waals surface area contributed by atoms with Crippen LogP contribution in [0.25, 0.3) is 11.1 Å². The number of benzene rings is 3. The molecule has 1 saturated carbocycles. The number of allylic oxidation sites excluding steroid dienone is 2. The summed E-state index contributed by atoms with van der Waals surface area (Å²) in [5, 5.41) is 8.82. The molecule has 0 aromatic heterocycles. The summed E-state index contributed by atoms with van der Waals surface area (Å²) in [5.74, 6) is -3.07. The first-order valence-electron chi connectivity index (χ1n) is 13.3. The van der Waals surface area contributed by atoms with Crippen molar-refractivity contribution in [2.75, 3.05) is 0 Å². The maximum Gasteiger partial charge on any atom is 0.303 e. The van der Waals surface area contributed by atoms with Gasteiger partial charge in [0.1, 0.15) is 16.5 Å². The summed E-state index contributed by atoms with van der Waals surface area (Å²) in [6.07, 6.45) is 6.36. The second-order valence-corrected chi connectivity index (χ2v) is 11.6. The lowest BCUT2D eigenvalue weighted by molar-refractivity contribution is -0.137. The summed E-state index contributed by atoms with van der Waals surface area (Å²) in [6, 6.07) is 20.0. The van der Waals surface area contributed by atoms with Gasteiger partial charge in [-0.3, -0.25) is 4.79 Å². The Hall–Kier alpha value is -3.40. The molecule has 1 aliphatic carbocycles. The van der Waals surface area contributed by atoms with E-state index in [1.54, 1.807) is 0 Å². The smallest absolute Gasteiger partial charge is 0.303 e. The van der Waals surface area contributed by atoms with Crippen molar-refractivity contribution in [3.8, 4) is 11.1 Å². The third-order valence-electron chi connectivity index (χ3n) is 7.11. The first-order valence-corrected chi connectivity index (χ1v) is 14.8. The van der Waals surface area contributed by atoms with Crippen LogP contribution in [0, 0.1) is 17.6 Å². The zero-order valence-electron chi connectivity index (χ0n) is 22.0. The number of rotatable bonds is 13. The summed E-state index contributed by atoms with van der Waals surface area (Å²) >= 11 is 0. The minimum Gasteiger partial charge on any atom is -0.481 e. The van der Waals surface area contributed by atoms with E-state index in [4.69, 9.17) is 9.84 Å². The summed E-state index contributed by atoms with van der Waals surface area (Å²) in [4.78, 5) is 10.1. The molecule has 0 spiro atoms. The molecule has 40 heavy (non-hydrogen) atoms. The molecule has 0 saturated heterocycles. The molecule has 0 bridgehead atoms. The second kappa shape index (κ2) is 13.8. The molecule has 0 heterocycles. The van der Waals surface area contributed by atoms with E-state index in [0.717, 1.165) is 28.8 Å². The quantitative estimate of drug-likeness (QED) is 0.182. The first-order chi connectivity index (χ1) is 19.2. The molecule has 1 aliphatic rings. The molecule has 0 aliphatic heterocycles. The largest absolute Gasteiger partial charge is 0.481 e. The molecule has 3 aromatic rings. The molecule has 3 atom stereocenters. The van der Waals surface area contributed by atoms with Gasteiger partial charge in [0.25, 0.3) is 0 Å². The van der Waals surface area contributed by atoms with Gasteiger partial charge in [-0.2, -0.15) is 0 Å². The number of halogens is 2. The number of hydrogen-bond donors (Lipinski definition) is 2. The highest BCUT2D eigenvalue weighted by molar-refractivity contribution is 7.89. The lowest BCUT2D eigenvalue weighted by Gasteiger charge is -2.25. The lowest BCUT2D eigenvalue weighted by Crippen LogP contribution is -2.40. The second-order valence-electron chi connectivity index (χ2n) is 9.95. The van der Waals surface area contributed by atoms with E-state index in [-0.39, 0.29) is 18.4 Å². The van der Waals surface area contributed by atoms with Crippen LogP contribution in [0.4, 0.5) is 8.78 Å². The minimum atomic E-state index is -4.23. The normalized spacial score (nSPS) is 19.3. The van der Waals surface area contributed by atoms with Crippen LogP contribution in [0.15, 0.2) is 89.8 Å². The molecule has 0 amide bonds. The first kappa shape index (κ1) is 29.6. The van der Waals surface area contributed by atoms with E-state index in [0.29, 0.717) is 44.8 Å². The molecule has 212 valence electrons. The summed E-state index contributed by atoms with van der Waals surface area (Å²) < 4.78 is 62.5. The predicted octanol–water partition coefficient (Wildman–Crippen LogP) is 6.48. The lowest BCUT2D eigenvalue weighted by atomic mass is 9.97. The Bertz CT molecular complexity index is 1410. The van der Waals surface area contributed by atoms with E-state index in [1.165, 1.54) is 0 Å². The van der Waals surface area contributed by atoms with Crippen molar-refractivity contribution in [1.82, 2.24) is 4.72 Å². The molecular formula is C31H33F2NO5S. The highest BCUT2D eigenvalue weighted by Crippen LogP contribution is 2.34. The number of hydrogen-bond acceptors (Lipinski definition) is 4. The zero-order chi connectivity index (χ0) is 28.5. The highest BCUT2D eigenvalue weighted by Gasteiger charge is 2.39. The van der Waals surface area contributed by atoms with Crippen molar-refractivity contribution in [2.24, 2.45) is 5.92 Å². The van der Waals surface area contributed by atoms with E-state index >= 15 is 0 Å². The van der Waals surface area contributed by atoms with Crippen molar-refractivity contribution < 1.29 is 31.8 Å². The highest BCUT2D eigenvalue weighted by atomic mass is 32.2. The van der Waals surface area contributed by atoms with E-state index in [9.17, 15) is 22.0 Å². The molecule has 0 unspecified atom stereocenters. The Balaban J connectivity index is 1.43. The molecule has 9 heteroatoms. The number of sulfonamides is 1. The van der Waals surface area contributed by atoms with Gasteiger partial charge in [-0.15, -0.1) is 0 Å². The van der Waals surface area contributed by atoms with Crippen molar-refractivity contribution in [3.05, 3.63) is 102 Å². The topological polar surface area (TPSA) is 92.7 Å². The van der Waals surface area contributed by atoms with Gasteiger partial charge in [-0.25, -0.2) is 21.9 Å². The molecule has 2 N–H and O–H groups in total. The van der Waals surface area contributed by atoms with Crippen molar-refractivity contribution in [1.29, 1.82) is 0 Å². The van der Waals surface area contributed by atoms with Crippen molar-refractivity contribution in [3.63, 3.8) is 0 Å². The van der Waals surface area contributed by atoms with Crippen LogP contribution in [0.2, 0.25) is 0 Å². The average Bonchev–Trinajstić information content (AvgIpc) is 3.30. The minimum absolute atomic E-state index is 0.0776. The van der Waals surface area contributed by atoms with Crippen LogP contribution < -0.4 is 4.72 Å². The Morgan fingerprint density at radius 2 is 1.70 bits per heavy atom. The van der Waals surface area contributed by atoms with Gasteiger partial charge in [-0.1, -0.05) is 66.7 Å². The Morgan fingerprint density at radius 1 is 0.975 bits per heavy atom. The third-order valence-corrected chi connectivity index (χ3v) is 8.63. The Kier molecular flexibility index (Phi) is 10.2. The van der Waals surface area contributed by atoms with Crippen LogP contribution in [0.1, 0.15) is 44.1 Å². The fraction of sp³-hybridized carbons (Fsp3) is 0.323. The number of unbranched alkanes of at least 4 members (excludes halogenated alkanes) is 1. The Labute approximate surface area is 233 Å². The van der Waals surface area contributed by atoms with Crippen molar-refractivity contribution in [2.45, 2.75) is 62.2 Å². The van der Waals surface area contributed by atoms with Crippen LogP contribution in [-0.4, -0.2) is 31.6 Å². The van der Waals surface area contributed by atoms with Crippen LogP contribution in [0.5, 0.6) is 0 Å². The van der Waals surface area contributed by atoms with Gasteiger partial charge < -0.3 is 9.84 Å². The standard InChI is InChI=1S/C31H33F2NO5S/c32-25-16-19-30(27(33)20-25)40(37,38)34-28-17-18-29(26(28)10-6-1-2-7-11-31(35)36)39-21-22-12-14-24(15-13-22)23-8-4-3-5-9-23/h1,3-6,8-9,12-16,19-20,26,28-29,34H,2,7,10-11,17-18,21H2,(H,35,36)/t26-,28+,29+/m1/s1. The molecule has 3 aromatic carbocycles. The predicted molar refractivity (Wildman–Crippen MR) is 149 cm³/mol. The van der Waals surface area contributed by atoms with Gasteiger partial charge in [-0.05, 0) is 60.9 Å². The van der Waals surface area contributed by atoms with E-state index < -0.39 is 38.6 Å². The number of aliphatic carboxylic acids is 1. The third kappa shape index (κ3) is 8.06. The summed E-state index contributed by atoms with van der Waals surface area (Å²) in [6.45, 7) is 0.352. The van der Waals surface area contributed by atoms with Crippen LogP contribution in [-0.2, 0) is 26.2 Å². The number of nitrogens with one attached hydrogen (secondary N) is 1. The number of ether oxygens (including phenoxy) is 1. The summed E-state index contributed by atoms with van der Waals surface area (Å²) in [7, 11) is -4.23. The van der Waals surface area contributed by atoms with Crippen molar-refractivity contribution >= 4 is 16.0 Å². The molecule has 4 rings (SSSR count). The van der Waals surface area contributed by atoms with Gasteiger partial charge in [0.05, 0.1) is 12.7 Å².